The standard InChI is InChI=1S/C23H31NO2/c1-4-17-10-12-19(13-11-17)20(15-18-8-6-7-9-18)21-14-16(3)22(24-21)23(25)26-5-2/h10-14,18,20,24H,4-9,15H2,1-3H3. The summed E-state index contributed by atoms with van der Waals surface area (Å²) < 4.78 is 5.20. The number of hydrogen-bond donors (Lipinski definition) is 1. The Labute approximate surface area is 157 Å². The molecule has 3 heteroatoms. The normalized spacial score (nSPS) is 16.0. The van der Waals surface area contributed by atoms with E-state index in [-0.39, 0.29) is 5.97 Å². The summed E-state index contributed by atoms with van der Waals surface area (Å²) in [6, 6.07) is 11.1. The van der Waals surface area contributed by atoms with Crippen LogP contribution in [0.5, 0.6) is 0 Å². The van der Waals surface area contributed by atoms with Gasteiger partial charge < -0.3 is 9.72 Å². The first-order chi connectivity index (χ1) is 12.6. The number of aryl methyl sites for hydroxylation is 2. The van der Waals surface area contributed by atoms with Crippen LogP contribution in [0, 0.1) is 12.8 Å². The van der Waals surface area contributed by atoms with Gasteiger partial charge in [0.15, 0.2) is 0 Å². The van der Waals surface area contributed by atoms with Gasteiger partial charge >= 0.3 is 5.97 Å². The van der Waals surface area contributed by atoms with Gasteiger partial charge in [-0.25, -0.2) is 4.79 Å². The molecule has 1 aromatic heterocycles. The van der Waals surface area contributed by atoms with Crippen molar-refractivity contribution in [3.8, 4) is 0 Å². The summed E-state index contributed by atoms with van der Waals surface area (Å²) in [5, 5.41) is 0. The van der Waals surface area contributed by atoms with Crippen LogP contribution in [0.2, 0.25) is 0 Å². The molecule has 0 aliphatic heterocycles. The molecule has 3 rings (SSSR count). The summed E-state index contributed by atoms with van der Waals surface area (Å²) in [5.74, 6) is 0.837. The molecule has 0 saturated heterocycles. The molecule has 0 radical (unpaired) electrons. The molecule has 0 amide bonds. The average molecular weight is 354 g/mol. The smallest absolute Gasteiger partial charge is 0.355 e. The van der Waals surface area contributed by atoms with Gasteiger partial charge in [0.2, 0.25) is 0 Å². The number of esters is 1. The molecule has 1 fully saturated rings. The monoisotopic (exact) mass is 353 g/mol. The maximum Gasteiger partial charge on any atom is 0.355 e. The second kappa shape index (κ2) is 8.57. The number of ether oxygens (including phenoxy) is 1. The summed E-state index contributed by atoms with van der Waals surface area (Å²) in [7, 11) is 0. The minimum atomic E-state index is -0.253. The third-order valence-corrected chi connectivity index (χ3v) is 5.72. The Bertz CT molecular complexity index is 723. The Morgan fingerprint density at radius 2 is 1.88 bits per heavy atom. The molecule has 1 aliphatic rings. The number of nitrogens with one attached hydrogen (secondary N) is 1. The Morgan fingerprint density at radius 1 is 1.19 bits per heavy atom. The molecule has 0 spiro atoms. The van der Waals surface area contributed by atoms with E-state index < -0.39 is 0 Å². The third-order valence-electron chi connectivity index (χ3n) is 5.72. The number of rotatable bonds is 7. The van der Waals surface area contributed by atoms with E-state index in [0.29, 0.717) is 18.2 Å². The Balaban J connectivity index is 1.91. The van der Waals surface area contributed by atoms with Crippen LogP contribution >= 0.6 is 0 Å². The molecular formula is C23H31NO2. The number of carbonyl (C=O) groups is 1. The van der Waals surface area contributed by atoms with Crippen LogP contribution in [0.1, 0.15) is 84.7 Å². The zero-order valence-electron chi connectivity index (χ0n) is 16.3. The molecule has 3 nitrogen and oxygen atoms in total. The lowest BCUT2D eigenvalue weighted by Crippen LogP contribution is -2.10. The topological polar surface area (TPSA) is 42.1 Å². The summed E-state index contributed by atoms with van der Waals surface area (Å²) in [5.41, 5.74) is 5.42. The van der Waals surface area contributed by atoms with Crippen molar-refractivity contribution < 1.29 is 9.53 Å². The number of aromatic nitrogens is 1. The molecule has 2 aromatic rings. The SMILES string of the molecule is CCOC(=O)c1[nH]c(C(CC2CCCC2)c2ccc(CC)cc2)cc1C. The minimum absolute atomic E-state index is 0.253. The van der Waals surface area contributed by atoms with E-state index in [9.17, 15) is 4.79 Å². The van der Waals surface area contributed by atoms with E-state index >= 15 is 0 Å². The number of benzene rings is 1. The second-order valence-electron chi connectivity index (χ2n) is 7.54. The van der Waals surface area contributed by atoms with Crippen molar-refractivity contribution in [2.75, 3.05) is 6.61 Å². The summed E-state index contributed by atoms with van der Waals surface area (Å²) in [4.78, 5) is 15.6. The first-order valence-electron chi connectivity index (χ1n) is 10.1. The lowest BCUT2D eigenvalue weighted by atomic mass is 9.85. The fourth-order valence-electron chi connectivity index (χ4n) is 4.20. The van der Waals surface area contributed by atoms with E-state index in [1.54, 1.807) is 0 Å². The van der Waals surface area contributed by atoms with Crippen LogP contribution in [0.15, 0.2) is 30.3 Å². The lowest BCUT2D eigenvalue weighted by Gasteiger charge is -2.21. The summed E-state index contributed by atoms with van der Waals surface area (Å²) in [6.45, 7) is 6.41. The van der Waals surface area contributed by atoms with E-state index in [1.165, 1.54) is 36.8 Å². The second-order valence-corrected chi connectivity index (χ2v) is 7.54. The van der Waals surface area contributed by atoms with E-state index in [0.717, 1.165) is 30.0 Å². The van der Waals surface area contributed by atoms with Gasteiger partial charge in [-0.15, -0.1) is 0 Å². The zero-order chi connectivity index (χ0) is 18.5. The Hall–Kier alpha value is -2.03. The molecule has 140 valence electrons. The fourth-order valence-corrected chi connectivity index (χ4v) is 4.20. The Morgan fingerprint density at radius 3 is 2.50 bits per heavy atom. The van der Waals surface area contributed by atoms with Gasteiger partial charge in [0, 0.05) is 11.6 Å². The van der Waals surface area contributed by atoms with Gasteiger partial charge in [-0.3, -0.25) is 0 Å². The first-order valence-corrected chi connectivity index (χ1v) is 10.1. The first kappa shape index (κ1) is 18.8. The average Bonchev–Trinajstić information content (AvgIpc) is 3.29. The van der Waals surface area contributed by atoms with Gasteiger partial charge in [0.1, 0.15) is 5.69 Å². The van der Waals surface area contributed by atoms with Crippen molar-refractivity contribution in [3.05, 3.63) is 58.4 Å². The molecule has 1 aromatic carbocycles. The van der Waals surface area contributed by atoms with Crippen LogP contribution in [0.4, 0.5) is 0 Å². The number of H-pyrrole nitrogens is 1. The quantitative estimate of drug-likeness (QED) is 0.642. The molecule has 0 bridgehead atoms. The maximum absolute atomic E-state index is 12.2. The minimum Gasteiger partial charge on any atom is -0.461 e. The predicted molar refractivity (Wildman–Crippen MR) is 106 cm³/mol. The van der Waals surface area contributed by atoms with Crippen molar-refractivity contribution in [2.45, 2.75) is 65.2 Å². The number of aromatic amines is 1. The van der Waals surface area contributed by atoms with Gasteiger partial charge in [0.25, 0.3) is 0 Å². The lowest BCUT2D eigenvalue weighted by molar-refractivity contribution is 0.0519. The number of carbonyl (C=O) groups excluding carboxylic acids is 1. The molecule has 26 heavy (non-hydrogen) atoms. The van der Waals surface area contributed by atoms with Crippen LogP contribution in [0.3, 0.4) is 0 Å². The van der Waals surface area contributed by atoms with Crippen LogP contribution in [0.25, 0.3) is 0 Å². The van der Waals surface area contributed by atoms with Gasteiger partial charge in [-0.2, -0.15) is 0 Å². The van der Waals surface area contributed by atoms with E-state index in [2.05, 4.69) is 42.2 Å². The molecular weight excluding hydrogens is 322 g/mol. The van der Waals surface area contributed by atoms with Crippen molar-refractivity contribution in [3.63, 3.8) is 0 Å². The van der Waals surface area contributed by atoms with Crippen molar-refractivity contribution in [1.29, 1.82) is 0 Å². The maximum atomic E-state index is 12.2. The largest absolute Gasteiger partial charge is 0.461 e. The molecule has 1 heterocycles. The molecule has 1 unspecified atom stereocenters. The summed E-state index contributed by atoms with van der Waals surface area (Å²) in [6.07, 6.45) is 7.56. The molecule has 1 N–H and O–H groups in total. The van der Waals surface area contributed by atoms with Crippen LogP contribution < -0.4 is 0 Å². The third kappa shape index (κ3) is 4.20. The van der Waals surface area contributed by atoms with E-state index in [4.69, 9.17) is 4.74 Å². The zero-order valence-corrected chi connectivity index (χ0v) is 16.3. The van der Waals surface area contributed by atoms with Crippen LogP contribution in [-0.2, 0) is 11.2 Å². The van der Waals surface area contributed by atoms with Gasteiger partial charge in [-0.1, -0.05) is 56.9 Å². The highest BCUT2D eigenvalue weighted by atomic mass is 16.5. The predicted octanol–water partition coefficient (Wildman–Crippen LogP) is 5.77. The van der Waals surface area contributed by atoms with Crippen molar-refractivity contribution in [1.82, 2.24) is 4.98 Å². The van der Waals surface area contributed by atoms with Crippen molar-refractivity contribution in [2.24, 2.45) is 5.92 Å². The highest BCUT2D eigenvalue weighted by Crippen LogP contribution is 2.38. The molecule has 1 aliphatic carbocycles. The number of hydrogen-bond acceptors (Lipinski definition) is 2. The van der Waals surface area contributed by atoms with Gasteiger partial charge in [0.05, 0.1) is 6.61 Å². The highest BCUT2D eigenvalue weighted by molar-refractivity contribution is 5.89. The van der Waals surface area contributed by atoms with Gasteiger partial charge in [-0.05, 0) is 55.4 Å². The molecule has 1 atom stereocenters. The van der Waals surface area contributed by atoms with Crippen molar-refractivity contribution >= 4 is 5.97 Å². The fraction of sp³-hybridized carbons (Fsp3) is 0.522. The highest BCUT2D eigenvalue weighted by Gasteiger charge is 2.25. The Kier molecular flexibility index (Phi) is 6.18. The van der Waals surface area contributed by atoms with E-state index in [1.807, 2.05) is 13.8 Å². The molecule has 1 saturated carbocycles. The summed E-state index contributed by atoms with van der Waals surface area (Å²) >= 11 is 0. The van der Waals surface area contributed by atoms with Crippen LogP contribution in [-0.4, -0.2) is 17.6 Å².